The summed E-state index contributed by atoms with van der Waals surface area (Å²) in [4.78, 5) is 15.8. The first-order valence-corrected chi connectivity index (χ1v) is 7.18. The predicted octanol–water partition coefficient (Wildman–Crippen LogP) is 4.41. The van der Waals surface area contributed by atoms with Crippen LogP contribution in [0.25, 0.3) is 0 Å². The van der Waals surface area contributed by atoms with Gasteiger partial charge in [-0.1, -0.05) is 17.7 Å². The second-order valence-electron chi connectivity index (χ2n) is 4.74. The first-order chi connectivity index (χ1) is 11.3. The van der Waals surface area contributed by atoms with Gasteiger partial charge in [0.25, 0.3) is 5.91 Å². The van der Waals surface area contributed by atoms with Gasteiger partial charge >= 0.3 is 6.18 Å². The Hall–Kier alpha value is -2.54. The Kier molecular flexibility index (Phi) is 5.46. The molecule has 0 radical (unpaired) electrons. The van der Waals surface area contributed by atoms with Crippen molar-refractivity contribution in [3.8, 4) is 0 Å². The minimum atomic E-state index is -4.58. The monoisotopic (exact) mass is 355 g/mol. The van der Waals surface area contributed by atoms with Crippen LogP contribution < -0.4 is 10.6 Å². The Morgan fingerprint density at radius 3 is 2.71 bits per heavy atom. The third-order valence-corrected chi connectivity index (χ3v) is 3.21. The van der Waals surface area contributed by atoms with Crippen LogP contribution in [0, 0.1) is 0 Å². The van der Waals surface area contributed by atoms with Gasteiger partial charge in [0.1, 0.15) is 5.82 Å². The predicted molar refractivity (Wildman–Crippen MR) is 86.5 cm³/mol. The molecule has 0 aliphatic carbocycles. The molecule has 0 unspecified atom stereocenters. The van der Waals surface area contributed by atoms with Gasteiger partial charge in [-0.25, -0.2) is 4.98 Å². The molecular weight excluding hydrogens is 343 g/mol. The summed E-state index contributed by atoms with van der Waals surface area (Å²) in [5, 5.41) is 5.11. The van der Waals surface area contributed by atoms with Crippen LogP contribution in [0.2, 0.25) is 5.02 Å². The van der Waals surface area contributed by atoms with Gasteiger partial charge in [-0.3, -0.25) is 4.79 Å². The van der Waals surface area contributed by atoms with E-state index in [0.29, 0.717) is 0 Å². The molecule has 2 rings (SSSR count). The molecule has 2 N–H and O–H groups in total. The lowest BCUT2D eigenvalue weighted by Gasteiger charge is -2.15. The Morgan fingerprint density at radius 1 is 1.29 bits per heavy atom. The molecule has 8 heteroatoms. The van der Waals surface area contributed by atoms with Crippen LogP contribution in [0.15, 0.2) is 49.2 Å². The van der Waals surface area contributed by atoms with Crippen LogP contribution in [-0.2, 0) is 6.18 Å². The largest absolute Gasteiger partial charge is 0.418 e. The van der Waals surface area contributed by atoms with E-state index in [2.05, 4.69) is 22.2 Å². The van der Waals surface area contributed by atoms with Crippen LogP contribution in [0.5, 0.6) is 0 Å². The number of anilines is 2. The Labute approximate surface area is 141 Å². The van der Waals surface area contributed by atoms with Gasteiger partial charge < -0.3 is 10.6 Å². The maximum absolute atomic E-state index is 13.1. The number of hydrogen-bond acceptors (Lipinski definition) is 3. The molecule has 1 aromatic heterocycles. The number of pyridine rings is 1. The van der Waals surface area contributed by atoms with E-state index < -0.39 is 11.7 Å². The normalized spacial score (nSPS) is 11.0. The highest BCUT2D eigenvalue weighted by molar-refractivity contribution is 6.30. The summed E-state index contributed by atoms with van der Waals surface area (Å²) in [5.41, 5.74) is -0.863. The number of carbonyl (C=O) groups is 1. The van der Waals surface area contributed by atoms with Crippen molar-refractivity contribution in [1.29, 1.82) is 0 Å². The molecule has 2 aromatic rings. The van der Waals surface area contributed by atoms with Gasteiger partial charge in [0.05, 0.1) is 11.3 Å². The van der Waals surface area contributed by atoms with Crippen molar-refractivity contribution >= 4 is 29.0 Å². The number of amides is 1. The van der Waals surface area contributed by atoms with E-state index in [-0.39, 0.29) is 34.5 Å². The van der Waals surface area contributed by atoms with Crippen molar-refractivity contribution < 1.29 is 18.0 Å². The van der Waals surface area contributed by atoms with Gasteiger partial charge in [-0.2, -0.15) is 13.2 Å². The Bertz CT molecular complexity index is 762. The van der Waals surface area contributed by atoms with Gasteiger partial charge in [0.2, 0.25) is 0 Å². The molecule has 0 saturated carbocycles. The van der Waals surface area contributed by atoms with E-state index in [1.54, 1.807) is 0 Å². The van der Waals surface area contributed by atoms with Gasteiger partial charge in [-0.15, -0.1) is 6.58 Å². The fourth-order valence-corrected chi connectivity index (χ4v) is 2.08. The molecular formula is C16H13ClF3N3O. The second-order valence-corrected chi connectivity index (χ2v) is 5.18. The van der Waals surface area contributed by atoms with E-state index in [1.165, 1.54) is 36.5 Å². The number of halogens is 4. The van der Waals surface area contributed by atoms with Crippen molar-refractivity contribution in [2.75, 3.05) is 11.9 Å². The molecule has 1 aromatic carbocycles. The zero-order chi connectivity index (χ0) is 17.7. The third-order valence-electron chi connectivity index (χ3n) is 2.98. The van der Waals surface area contributed by atoms with Crippen molar-refractivity contribution in [2.45, 2.75) is 6.18 Å². The van der Waals surface area contributed by atoms with Gasteiger partial charge in [-0.05, 0) is 30.3 Å². The number of rotatable bonds is 5. The van der Waals surface area contributed by atoms with Crippen molar-refractivity contribution in [3.63, 3.8) is 0 Å². The van der Waals surface area contributed by atoms with E-state index in [9.17, 15) is 18.0 Å². The van der Waals surface area contributed by atoms with E-state index in [1.807, 2.05) is 0 Å². The lowest BCUT2D eigenvalue weighted by Crippen LogP contribution is -2.23. The maximum Gasteiger partial charge on any atom is 0.418 e. The summed E-state index contributed by atoms with van der Waals surface area (Å²) in [6.07, 6.45) is -1.73. The quantitative estimate of drug-likeness (QED) is 0.781. The van der Waals surface area contributed by atoms with Gasteiger partial charge in [0.15, 0.2) is 0 Å². The maximum atomic E-state index is 13.1. The summed E-state index contributed by atoms with van der Waals surface area (Å²) >= 11 is 5.64. The molecule has 1 amide bonds. The molecule has 4 nitrogen and oxygen atoms in total. The highest BCUT2D eigenvalue weighted by Crippen LogP contribution is 2.37. The molecule has 1 heterocycles. The molecule has 0 bridgehead atoms. The molecule has 0 atom stereocenters. The number of carbonyl (C=O) groups excluding carboxylic acids is 1. The van der Waals surface area contributed by atoms with E-state index in [0.717, 1.165) is 6.07 Å². The second kappa shape index (κ2) is 7.35. The number of benzene rings is 1. The van der Waals surface area contributed by atoms with Crippen LogP contribution >= 0.6 is 11.6 Å². The molecule has 0 spiro atoms. The summed E-state index contributed by atoms with van der Waals surface area (Å²) in [7, 11) is 0. The SMILES string of the molecule is C=CCNC(=O)c1ccnc(Nc2ccc(Cl)cc2C(F)(F)F)c1. The number of nitrogens with zero attached hydrogens (tertiary/aromatic N) is 1. The van der Waals surface area contributed by atoms with Crippen LogP contribution in [0.4, 0.5) is 24.7 Å². The van der Waals surface area contributed by atoms with Gasteiger partial charge in [0, 0.05) is 23.3 Å². The smallest absolute Gasteiger partial charge is 0.349 e. The first kappa shape index (κ1) is 17.8. The van der Waals surface area contributed by atoms with Crippen molar-refractivity contribution in [2.24, 2.45) is 0 Å². The molecule has 24 heavy (non-hydrogen) atoms. The minimum Gasteiger partial charge on any atom is -0.349 e. The molecule has 0 fully saturated rings. The number of nitrogens with one attached hydrogen (secondary N) is 2. The molecule has 0 aliphatic rings. The lowest BCUT2D eigenvalue weighted by atomic mass is 10.1. The fourth-order valence-electron chi connectivity index (χ4n) is 1.91. The molecule has 0 saturated heterocycles. The third kappa shape index (κ3) is 4.48. The lowest BCUT2D eigenvalue weighted by molar-refractivity contribution is -0.136. The molecule has 0 aliphatic heterocycles. The van der Waals surface area contributed by atoms with Crippen LogP contribution in [-0.4, -0.2) is 17.4 Å². The number of hydrogen-bond donors (Lipinski definition) is 2. The van der Waals surface area contributed by atoms with Crippen molar-refractivity contribution in [1.82, 2.24) is 10.3 Å². The van der Waals surface area contributed by atoms with Crippen LogP contribution in [0.1, 0.15) is 15.9 Å². The van der Waals surface area contributed by atoms with E-state index in [4.69, 9.17) is 11.6 Å². The number of alkyl halides is 3. The highest BCUT2D eigenvalue weighted by atomic mass is 35.5. The summed E-state index contributed by atoms with van der Waals surface area (Å²) in [6, 6.07) is 6.17. The zero-order valence-electron chi connectivity index (χ0n) is 12.3. The minimum absolute atomic E-state index is 0.0293. The fraction of sp³-hybridized carbons (Fsp3) is 0.125. The first-order valence-electron chi connectivity index (χ1n) is 6.80. The number of aromatic nitrogens is 1. The van der Waals surface area contributed by atoms with Crippen LogP contribution in [0.3, 0.4) is 0 Å². The average Bonchev–Trinajstić information content (AvgIpc) is 2.53. The Balaban J connectivity index is 2.29. The zero-order valence-corrected chi connectivity index (χ0v) is 13.1. The standard InChI is InChI=1S/C16H13ClF3N3O/c1-2-6-22-15(24)10-5-7-21-14(8-10)23-13-4-3-11(17)9-12(13)16(18,19)20/h2-5,7-9H,1,6H2,(H,21,23)(H,22,24). The summed E-state index contributed by atoms with van der Waals surface area (Å²) < 4.78 is 39.3. The van der Waals surface area contributed by atoms with Crippen molar-refractivity contribution in [3.05, 3.63) is 65.3 Å². The highest BCUT2D eigenvalue weighted by Gasteiger charge is 2.34. The Morgan fingerprint density at radius 2 is 2.04 bits per heavy atom. The summed E-state index contributed by atoms with van der Waals surface area (Å²) in [5.74, 6) is -0.276. The average molecular weight is 356 g/mol. The van der Waals surface area contributed by atoms with E-state index >= 15 is 0 Å². The molecule has 126 valence electrons. The topological polar surface area (TPSA) is 54.0 Å². The summed E-state index contributed by atoms with van der Waals surface area (Å²) in [6.45, 7) is 3.76.